The van der Waals surface area contributed by atoms with Gasteiger partial charge in [0.1, 0.15) is 0 Å². The first-order valence-corrected chi connectivity index (χ1v) is 3.82. The fourth-order valence-electron chi connectivity index (χ4n) is 0.641. The lowest BCUT2D eigenvalue weighted by Gasteiger charge is -2.00. The Morgan fingerprint density at radius 1 is 1.50 bits per heavy atom. The van der Waals surface area contributed by atoms with Gasteiger partial charge in [-0.15, -0.1) is 0 Å². The first-order chi connectivity index (χ1) is 5.81. The minimum Gasteiger partial charge on any atom is -0.469 e. The molecule has 0 aliphatic heterocycles. The van der Waals surface area contributed by atoms with Gasteiger partial charge < -0.3 is 9.47 Å². The van der Waals surface area contributed by atoms with Crippen LogP contribution in [0.15, 0.2) is 0 Å². The lowest BCUT2D eigenvalue weighted by Crippen LogP contribution is -2.03. The van der Waals surface area contributed by atoms with Crippen molar-refractivity contribution < 1.29 is 14.3 Å². The van der Waals surface area contributed by atoms with Crippen LogP contribution in [-0.4, -0.2) is 26.3 Å². The molecule has 0 amide bonds. The van der Waals surface area contributed by atoms with E-state index in [-0.39, 0.29) is 5.97 Å². The number of hydrogen-bond donors (Lipinski definition) is 0. The van der Waals surface area contributed by atoms with E-state index in [0.29, 0.717) is 32.5 Å². The Morgan fingerprint density at radius 3 is 2.83 bits per heavy atom. The number of nitriles is 1. The molecule has 0 aromatic heterocycles. The Balaban J connectivity index is 3.01. The van der Waals surface area contributed by atoms with E-state index in [4.69, 9.17) is 10.00 Å². The largest absolute Gasteiger partial charge is 0.469 e. The maximum Gasteiger partial charge on any atom is 0.305 e. The molecule has 4 heteroatoms. The van der Waals surface area contributed by atoms with Crippen LogP contribution < -0.4 is 0 Å². The third-order valence-corrected chi connectivity index (χ3v) is 1.26. The second kappa shape index (κ2) is 8.02. The summed E-state index contributed by atoms with van der Waals surface area (Å²) in [7, 11) is 1.36. The van der Waals surface area contributed by atoms with Gasteiger partial charge in [-0.05, 0) is 6.42 Å². The Labute approximate surface area is 72.1 Å². The van der Waals surface area contributed by atoms with Gasteiger partial charge >= 0.3 is 5.97 Å². The van der Waals surface area contributed by atoms with Crippen LogP contribution in [0.2, 0.25) is 0 Å². The van der Waals surface area contributed by atoms with E-state index >= 15 is 0 Å². The van der Waals surface area contributed by atoms with E-state index in [9.17, 15) is 4.79 Å². The van der Waals surface area contributed by atoms with Gasteiger partial charge in [-0.2, -0.15) is 5.26 Å². The normalized spacial score (nSPS) is 9.00. The van der Waals surface area contributed by atoms with Gasteiger partial charge in [0.15, 0.2) is 0 Å². The lowest BCUT2D eigenvalue weighted by atomic mass is 10.3. The highest BCUT2D eigenvalue weighted by atomic mass is 16.5. The molecule has 0 atom stereocenters. The molecule has 0 radical (unpaired) electrons. The van der Waals surface area contributed by atoms with E-state index in [2.05, 4.69) is 4.74 Å². The number of nitrogens with zero attached hydrogens (tertiary/aromatic N) is 1. The van der Waals surface area contributed by atoms with Crippen LogP contribution >= 0.6 is 0 Å². The fourth-order valence-corrected chi connectivity index (χ4v) is 0.641. The molecular formula is C8H13NO3. The van der Waals surface area contributed by atoms with Crippen LogP contribution in [0.25, 0.3) is 0 Å². The molecule has 0 saturated heterocycles. The maximum atomic E-state index is 10.6. The van der Waals surface area contributed by atoms with Gasteiger partial charge in [-0.3, -0.25) is 4.79 Å². The predicted molar refractivity (Wildman–Crippen MR) is 42.3 cm³/mol. The van der Waals surface area contributed by atoms with Crippen LogP contribution in [0.3, 0.4) is 0 Å². The van der Waals surface area contributed by atoms with Crippen molar-refractivity contribution in [2.75, 3.05) is 20.3 Å². The molecular weight excluding hydrogens is 158 g/mol. The number of esters is 1. The van der Waals surface area contributed by atoms with Crippen molar-refractivity contribution in [2.24, 2.45) is 0 Å². The van der Waals surface area contributed by atoms with Crippen molar-refractivity contribution in [1.82, 2.24) is 0 Å². The molecule has 0 unspecified atom stereocenters. The van der Waals surface area contributed by atoms with Crippen LogP contribution in [0.4, 0.5) is 0 Å². The van der Waals surface area contributed by atoms with Crippen LogP contribution in [0.1, 0.15) is 19.3 Å². The van der Waals surface area contributed by atoms with Crippen LogP contribution in [0.5, 0.6) is 0 Å². The van der Waals surface area contributed by atoms with Crippen molar-refractivity contribution in [3.05, 3.63) is 0 Å². The quantitative estimate of drug-likeness (QED) is 0.439. The van der Waals surface area contributed by atoms with E-state index in [1.807, 2.05) is 6.07 Å². The molecule has 0 rings (SSSR count). The highest BCUT2D eigenvalue weighted by molar-refractivity contribution is 5.68. The zero-order valence-corrected chi connectivity index (χ0v) is 7.21. The molecule has 0 saturated carbocycles. The zero-order valence-electron chi connectivity index (χ0n) is 7.21. The number of methoxy groups -OCH3 is 1. The summed E-state index contributed by atoms with van der Waals surface area (Å²) < 4.78 is 9.47. The van der Waals surface area contributed by atoms with Gasteiger partial charge in [-0.1, -0.05) is 0 Å². The molecule has 0 spiro atoms. The Kier molecular flexibility index (Phi) is 7.30. The van der Waals surface area contributed by atoms with Crippen molar-refractivity contribution in [1.29, 1.82) is 5.26 Å². The average molecular weight is 171 g/mol. The molecule has 0 aliphatic carbocycles. The van der Waals surface area contributed by atoms with Crippen molar-refractivity contribution in [3.8, 4) is 6.07 Å². The SMILES string of the molecule is COC(=O)CCCOCCC#N. The maximum absolute atomic E-state index is 10.6. The molecule has 0 fully saturated rings. The second-order valence-corrected chi connectivity index (χ2v) is 2.20. The summed E-state index contributed by atoms with van der Waals surface area (Å²) in [5.41, 5.74) is 0. The highest BCUT2D eigenvalue weighted by Gasteiger charge is 1.98. The van der Waals surface area contributed by atoms with Crippen molar-refractivity contribution in [3.63, 3.8) is 0 Å². The molecule has 0 bridgehead atoms. The molecule has 0 heterocycles. The lowest BCUT2D eigenvalue weighted by molar-refractivity contribution is -0.141. The van der Waals surface area contributed by atoms with Gasteiger partial charge in [0.2, 0.25) is 0 Å². The molecule has 68 valence electrons. The number of carbonyl (C=O) groups excluding carboxylic acids is 1. The van der Waals surface area contributed by atoms with Crippen LogP contribution in [-0.2, 0) is 14.3 Å². The fraction of sp³-hybridized carbons (Fsp3) is 0.750. The first-order valence-electron chi connectivity index (χ1n) is 3.82. The van der Waals surface area contributed by atoms with Gasteiger partial charge in [0.25, 0.3) is 0 Å². The first kappa shape index (κ1) is 10.9. The third-order valence-electron chi connectivity index (χ3n) is 1.26. The molecule has 0 aliphatic rings. The molecule has 0 aromatic rings. The van der Waals surface area contributed by atoms with Gasteiger partial charge in [0.05, 0.1) is 26.2 Å². The monoisotopic (exact) mass is 171 g/mol. The topological polar surface area (TPSA) is 59.3 Å². The third kappa shape index (κ3) is 7.03. The molecule has 0 N–H and O–H groups in total. The van der Waals surface area contributed by atoms with E-state index in [1.54, 1.807) is 0 Å². The standard InChI is InChI=1S/C8H13NO3/c1-11-8(10)4-2-6-12-7-3-5-9/h2-4,6-7H2,1H3. The highest BCUT2D eigenvalue weighted by Crippen LogP contribution is 1.92. The summed E-state index contributed by atoms with van der Waals surface area (Å²) in [6, 6.07) is 1.96. The van der Waals surface area contributed by atoms with Gasteiger partial charge in [-0.25, -0.2) is 0 Å². The van der Waals surface area contributed by atoms with Crippen molar-refractivity contribution >= 4 is 5.97 Å². The number of rotatable bonds is 6. The van der Waals surface area contributed by atoms with E-state index < -0.39 is 0 Å². The summed E-state index contributed by atoms with van der Waals surface area (Å²) in [5, 5.41) is 8.14. The van der Waals surface area contributed by atoms with Gasteiger partial charge in [0, 0.05) is 13.0 Å². The summed E-state index contributed by atoms with van der Waals surface area (Å²) >= 11 is 0. The molecule has 4 nitrogen and oxygen atoms in total. The van der Waals surface area contributed by atoms with E-state index in [0.717, 1.165) is 0 Å². The Morgan fingerprint density at radius 2 is 2.25 bits per heavy atom. The Bertz CT molecular complexity index is 162. The predicted octanol–water partition coefficient (Wildman–Crippen LogP) is 0.870. The summed E-state index contributed by atoms with van der Waals surface area (Å²) in [4.78, 5) is 10.6. The number of ether oxygens (including phenoxy) is 2. The zero-order chi connectivity index (χ0) is 9.23. The minimum atomic E-state index is -0.223. The van der Waals surface area contributed by atoms with E-state index in [1.165, 1.54) is 7.11 Å². The Hall–Kier alpha value is -1.08. The summed E-state index contributed by atoms with van der Waals surface area (Å²) in [6.07, 6.45) is 1.43. The van der Waals surface area contributed by atoms with Crippen molar-refractivity contribution in [2.45, 2.75) is 19.3 Å². The second-order valence-electron chi connectivity index (χ2n) is 2.20. The van der Waals surface area contributed by atoms with Crippen LogP contribution in [0, 0.1) is 11.3 Å². The summed E-state index contributed by atoms with van der Waals surface area (Å²) in [6.45, 7) is 0.953. The molecule has 12 heavy (non-hydrogen) atoms. The number of hydrogen-bond acceptors (Lipinski definition) is 4. The number of carbonyl (C=O) groups is 1. The molecule has 0 aromatic carbocycles. The average Bonchev–Trinajstić information content (AvgIpc) is 2.10. The minimum absolute atomic E-state index is 0.223. The smallest absolute Gasteiger partial charge is 0.305 e. The summed E-state index contributed by atoms with van der Waals surface area (Å²) in [5.74, 6) is -0.223.